The molecule has 0 spiro atoms. The molecule has 0 bridgehead atoms. The number of ether oxygens (including phenoxy) is 1. The van der Waals surface area contributed by atoms with Gasteiger partial charge in [0.2, 0.25) is 17.1 Å². The Kier molecular flexibility index (Phi) is 4.76. The summed E-state index contributed by atoms with van der Waals surface area (Å²) in [6.45, 7) is -0.0579. The van der Waals surface area contributed by atoms with Crippen LogP contribution in [0.2, 0.25) is 5.28 Å². The summed E-state index contributed by atoms with van der Waals surface area (Å²) < 4.78 is 42.3. The molecule has 0 radical (unpaired) electrons. The molecule has 0 atom stereocenters. The van der Waals surface area contributed by atoms with Crippen molar-refractivity contribution in [2.45, 2.75) is 12.8 Å². The highest BCUT2D eigenvalue weighted by Crippen LogP contribution is 2.27. The number of amides is 1. The van der Waals surface area contributed by atoms with Gasteiger partial charge in [0.1, 0.15) is 6.61 Å². The maximum atomic E-state index is 12.5. The van der Waals surface area contributed by atoms with Crippen LogP contribution in [0.4, 0.5) is 23.9 Å². The van der Waals surface area contributed by atoms with E-state index in [0.717, 1.165) is 0 Å². The number of anilines is 1. The molecule has 2 aromatic rings. The summed E-state index contributed by atoms with van der Waals surface area (Å²) in [6, 6.07) is 8.72. The number of carbonyl (C=O) groups excluding carboxylic acids is 1. The highest BCUT2D eigenvalue weighted by molar-refractivity contribution is 6.28. The zero-order valence-electron chi connectivity index (χ0n) is 10.8. The fourth-order valence-electron chi connectivity index (χ4n) is 1.38. The van der Waals surface area contributed by atoms with Crippen LogP contribution in [-0.2, 0) is 17.5 Å². The first-order valence-corrected chi connectivity index (χ1v) is 6.19. The second-order valence-corrected chi connectivity index (χ2v) is 4.27. The summed E-state index contributed by atoms with van der Waals surface area (Å²) >= 11 is 5.36. The van der Waals surface area contributed by atoms with Gasteiger partial charge >= 0.3 is 12.3 Å². The largest absolute Gasteiger partial charge is 0.451 e. The highest BCUT2D eigenvalue weighted by atomic mass is 35.5. The summed E-state index contributed by atoms with van der Waals surface area (Å²) in [6.07, 6.45) is -5.82. The fourth-order valence-corrected chi connectivity index (χ4v) is 1.54. The Morgan fingerprint density at radius 1 is 1.18 bits per heavy atom. The molecule has 1 aromatic carbocycles. The number of aromatic nitrogens is 3. The molecule has 116 valence electrons. The Balaban J connectivity index is 2.01. The average molecular weight is 333 g/mol. The maximum absolute atomic E-state index is 12.5. The van der Waals surface area contributed by atoms with Crippen molar-refractivity contribution < 1.29 is 22.7 Å². The molecule has 0 saturated heterocycles. The van der Waals surface area contributed by atoms with Crippen LogP contribution in [0.5, 0.6) is 0 Å². The molecule has 1 N–H and O–H groups in total. The normalized spacial score (nSPS) is 11.1. The van der Waals surface area contributed by atoms with Gasteiger partial charge in [-0.25, -0.2) is 4.79 Å². The summed E-state index contributed by atoms with van der Waals surface area (Å²) in [5, 5.41) is 1.26. The molecule has 0 aliphatic carbocycles. The van der Waals surface area contributed by atoms with Crippen LogP contribution in [0.25, 0.3) is 0 Å². The predicted molar refractivity (Wildman–Crippen MR) is 70.1 cm³/mol. The number of halogens is 4. The second kappa shape index (κ2) is 6.56. The van der Waals surface area contributed by atoms with E-state index in [-0.39, 0.29) is 6.61 Å². The van der Waals surface area contributed by atoms with Gasteiger partial charge < -0.3 is 4.74 Å². The van der Waals surface area contributed by atoms with Gasteiger partial charge in [0.15, 0.2) is 0 Å². The highest BCUT2D eigenvalue weighted by Gasteiger charge is 2.36. The zero-order chi connectivity index (χ0) is 16.2. The second-order valence-electron chi connectivity index (χ2n) is 3.94. The van der Waals surface area contributed by atoms with E-state index in [2.05, 4.69) is 15.0 Å². The third kappa shape index (κ3) is 4.55. The SMILES string of the molecule is O=C(Nc1nc(Cl)nc(C(F)(F)F)n1)OCc1ccccc1. The van der Waals surface area contributed by atoms with Crippen LogP contribution in [-0.4, -0.2) is 21.0 Å². The lowest BCUT2D eigenvalue weighted by atomic mass is 10.2. The fraction of sp³-hybridized carbons (Fsp3) is 0.167. The van der Waals surface area contributed by atoms with Crippen molar-refractivity contribution in [3.63, 3.8) is 0 Å². The molecular formula is C12H8ClF3N4O2. The van der Waals surface area contributed by atoms with E-state index in [0.29, 0.717) is 5.56 Å². The Hall–Kier alpha value is -2.42. The molecule has 22 heavy (non-hydrogen) atoms. The van der Waals surface area contributed by atoms with Crippen molar-refractivity contribution in [2.24, 2.45) is 0 Å². The average Bonchev–Trinajstić information content (AvgIpc) is 2.45. The number of carbonyl (C=O) groups is 1. The van der Waals surface area contributed by atoms with E-state index in [1.165, 1.54) is 0 Å². The zero-order valence-corrected chi connectivity index (χ0v) is 11.5. The molecule has 1 aromatic heterocycles. The summed E-state index contributed by atoms with van der Waals surface area (Å²) in [5.74, 6) is -2.16. The van der Waals surface area contributed by atoms with Crippen molar-refractivity contribution in [2.75, 3.05) is 5.32 Å². The van der Waals surface area contributed by atoms with Gasteiger partial charge in [-0.1, -0.05) is 30.3 Å². The van der Waals surface area contributed by atoms with Gasteiger partial charge in [0.05, 0.1) is 0 Å². The van der Waals surface area contributed by atoms with E-state index in [1.54, 1.807) is 30.3 Å². The van der Waals surface area contributed by atoms with Crippen molar-refractivity contribution in [1.82, 2.24) is 15.0 Å². The van der Waals surface area contributed by atoms with Crippen LogP contribution >= 0.6 is 11.6 Å². The third-order valence-electron chi connectivity index (χ3n) is 2.29. The van der Waals surface area contributed by atoms with Crippen LogP contribution < -0.4 is 5.32 Å². The molecule has 0 unspecified atom stereocenters. The first-order chi connectivity index (χ1) is 10.3. The van der Waals surface area contributed by atoms with E-state index < -0.39 is 29.3 Å². The number of alkyl halides is 3. The minimum Gasteiger partial charge on any atom is -0.444 e. The van der Waals surface area contributed by atoms with Crippen LogP contribution in [0.15, 0.2) is 30.3 Å². The molecule has 6 nitrogen and oxygen atoms in total. The van der Waals surface area contributed by atoms with Crippen LogP contribution in [0.3, 0.4) is 0 Å². The topological polar surface area (TPSA) is 77.0 Å². The van der Waals surface area contributed by atoms with E-state index >= 15 is 0 Å². The monoisotopic (exact) mass is 332 g/mol. The first-order valence-electron chi connectivity index (χ1n) is 5.81. The van der Waals surface area contributed by atoms with Gasteiger partial charge in [-0.05, 0) is 17.2 Å². The van der Waals surface area contributed by atoms with Gasteiger partial charge in [-0.3, -0.25) is 5.32 Å². The Morgan fingerprint density at radius 2 is 1.86 bits per heavy atom. The standard InChI is InChI=1S/C12H8ClF3N4O2/c13-9-17-8(12(14,15)16)18-10(19-9)20-11(21)22-6-7-4-2-1-3-5-7/h1-5H,6H2,(H,17,18,19,20,21). The molecular weight excluding hydrogens is 325 g/mol. The van der Waals surface area contributed by atoms with Crippen molar-refractivity contribution in [3.8, 4) is 0 Å². The van der Waals surface area contributed by atoms with E-state index in [1.807, 2.05) is 5.32 Å². The first kappa shape index (κ1) is 16.0. The number of nitrogens with zero attached hydrogens (tertiary/aromatic N) is 3. The summed E-state index contributed by atoms with van der Waals surface area (Å²) in [5.41, 5.74) is 0.710. The Morgan fingerprint density at radius 3 is 2.50 bits per heavy atom. The molecule has 0 aliphatic heterocycles. The molecule has 1 heterocycles. The lowest BCUT2D eigenvalue weighted by molar-refractivity contribution is -0.145. The molecule has 0 aliphatic rings. The smallest absolute Gasteiger partial charge is 0.444 e. The molecule has 0 saturated carbocycles. The van der Waals surface area contributed by atoms with Gasteiger partial charge in [0.25, 0.3) is 0 Å². The lowest BCUT2D eigenvalue weighted by Gasteiger charge is -2.08. The summed E-state index contributed by atoms with van der Waals surface area (Å²) in [4.78, 5) is 20.9. The van der Waals surface area contributed by atoms with Crippen molar-refractivity contribution in [1.29, 1.82) is 0 Å². The number of rotatable bonds is 3. The van der Waals surface area contributed by atoms with Gasteiger partial charge in [0, 0.05) is 0 Å². The van der Waals surface area contributed by atoms with Crippen molar-refractivity contribution >= 4 is 23.6 Å². The molecule has 2 rings (SSSR count). The van der Waals surface area contributed by atoms with Gasteiger partial charge in [-0.15, -0.1) is 0 Å². The van der Waals surface area contributed by atoms with Crippen LogP contribution in [0, 0.1) is 0 Å². The number of hydrogen-bond donors (Lipinski definition) is 1. The predicted octanol–water partition coefficient (Wildman–Crippen LogP) is 3.29. The minimum atomic E-state index is -4.81. The quantitative estimate of drug-likeness (QED) is 0.933. The molecule has 10 heteroatoms. The summed E-state index contributed by atoms with van der Waals surface area (Å²) in [7, 11) is 0. The molecule has 0 fully saturated rings. The minimum absolute atomic E-state index is 0.0579. The van der Waals surface area contributed by atoms with Crippen molar-refractivity contribution in [3.05, 3.63) is 47.0 Å². The van der Waals surface area contributed by atoms with E-state index in [9.17, 15) is 18.0 Å². The Bertz CT molecular complexity index is 667. The van der Waals surface area contributed by atoms with Crippen LogP contribution in [0.1, 0.15) is 11.4 Å². The maximum Gasteiger partial charge on any atom is 0.451 e. The third-order valence-corrected chi connectivity index (χ3v) is 2.46. The number of nitrogens with one attached hydrogen (secondary N) is 1. The lowest BCUT2D eigenvalue weighted by Crippen LogP contribution is -2.19. The van der Waals surface area contributed by atoms with Gasteiger partial charge in [-0.2, -0.15) is 28.1 Å². The van der Waals surface area contributed by atoms with E-state index in [4.69, 9.17) is 16.3 Å². The number of hydrogen-bond acceptors (Lipinski definition) is 5. The number of benzene rings is 1. The molecule has 1 amide bonds. The Labute approximate surface area is 127 Å².